The van der Waals surface area contributed by atoms with Gasteiger partial charge in [-0.3, -0.25) is 9.69 Å². The van der Waals surface area contributed by atoms with Crippen LogP contribution in [0.3, 0.4) is 0 Å². The van der Waals surface area contributed by atoms with Crippen molar-refractivity contribution in [1.82, 2.24) is 0 Å². The summed E-state index contributed by atoms with van der Waals surface area (Å²) in [5.41, 5.74) is 4.59. The van der Waals surface area contributed by atoms with E-state index in [-0.39, 0.29) is 29.3 Å². The van der Waals surface area contributed by atoms with E-state index >= 15 is 0 Å². The molecule has 0 unspecified atom stereocenters. The highest BCUT2D eigenvalue weighted by molar-refractivity contribution is 7.81. The highest BCUT2D eigenvalue weighted by Gasteiger charge is 2.30. The van der Waals surface area contributed by atoms with Crippen molar-refractivity contribution < 1.29 is 30.8 Å². The van der Waals surface area contributed by atoms with Gasteiger partial charge in [0.05, 0.1) is 5.69 Å². The monoisotopic (exact) mass is 469 g/mol. The standard InChI is InChI=1S/C24H20FNO6S/c1-15-22(11-16(13-27)12-23(15)32-33(25,29)30)26(2)24(28)31-14-21-19-9-5-3-7-17(19)18-8-4-6-10-20(18)21/h3-13,21H,14H2,1-2H3. The Kier molecular flexibility index (Phi) is 5.90. The van der Waals surface area contributed by atoms with Crippen LogP contribution in [0.25, 0.3) is 11.1 Å². The maximum Gasteiger partial charge on any atom is 0.488 e. The number of amides is 1. The van der Waals surface area contributed by atoms with Crippen LogP contribution in [-0.2, 0) is 15.2 Å². The van der Waals surface area contributed by atoms with Crippen LogP contribution in [0.2, 0.25) is 0 Å². The van der Waals surface area contributed by atoms with Crippen LogP contribution < -0.4 is 9.08 Å². The number of hydrogen-bond acceptors (Lipinski definition) is 6. The molecule has 0 radical (unpaired) electrons. The minimum atomic E-state index is -5.32. The van der Waals surface area contributed by atoms with Gasteiger partial charge in [0.25, 0.3) is 0 Å². The molecular weight excluding hydrogens is 449 g/mol. The number of anilines is 1. The summed E-state index contributed by atoms with van der Waals surface area (Å²) in [5, 5.41) is 0. The first-order chi connectivity index (χ1) is 15.7. The lowest BCUT2D eigenvalue weighted by atomic mass is 9.98. The second-order valence-electron chi connectivity index (χ2n) is 7.62. The van der Waals surface area contributed by atoms with Gasteiger partial charge in [0, 0.05) is 24.1 Å². The van der Waals surface area contributed by atoms with Crippen molar-refractivity contribution >= 4 is 28.6 Å². The van der Waals surface area contributed by atoms with Gasteiger partial charge in [-0.25, -0.2) is 4.79 Å². The normalized spacial score (nSPS) is 12.6. The Labute approximate surface area is 190 Å². The van der Waals surface area contributed by atoms with Crippen molar-refractivity contribution in [2.24, 2.45) is 0 Å². The molecule has 9 heteroatoms. The number of aldehydes is 1. The van der Waals surface area contributed by atoms with E-state index in [0.29, 0.717) is 6.29 Å². The van der Waals surface area contributed by atoms with E-state index in [0.717, 1.165) is 33.2 Å². The third-order valence-corrected chi connectivity index (χ3v) is 6.03. The third kappa shape index (κ3) is 4.45. The van der Waals surface area contributed by atoms with E-state index in [4.69, 9.17) is 4.74 Å². The molecule has 0 saturated heterocycles. The van der Waals surface area contributed by atoms with Crippen molar-refractivity contribution in [2.75, 3.05) is 18.6 Å². The first-order valence-electron chi connectivity index (χ1n) is 10.0. The Morgan fingerprint density at radius 2 is 1.64 bits per heavy atom. The predicted octanol–water partition coefficient (Wildman–Crippen LogP) is 4.79. The highest BCUT2D eigenvalue weighted by atomic mass is 32.3. The lowest BCUT2D eigenvalue weighted by Gasteiger charge is -2.22. The van der Waals surface area contributed by atoms with Crippen LogP contribution in [0.15, 0.2) is 60.7 Å². The molecule has 0 N–H and O–H groups in total. The molecule has 3 aromatic carbocycles. The second-order valence-corrected chi connectivity index (χ2v) is 8.57. The maximum atomic E-state index is 13.1. The molecule has 0 aliphatic heterocycles. The van der Waals surface area contributed by atoms with E-state index in [9.17, 15) is 21.9 Å². The molecule has 0 fully saturated rings. The molecule has 1 aliphatic carbocycles. The number of fused-ring (bicyclic) bond motifs is 3. The predicted molar refractivity (Wildman–Crippen MR) is 121 cm³/mol. The Hall–Kier alpha value is -3.72. The van der Waals surface area contributed by atoms with Crippen LogP contribution in [0, 0.1) is 6.92 Å². The van der Waals surface area contributed by atoms with Crippen molar-refractivity contribution in [3.8, 4) is 16.9 Å². The lowest BCUT2D eigenvalue weighted by Crippen LogP contribution is -2.29. The molecular formula is C24H20FNO6S. The van der Waals surface area contributed by atoms with E-state index in [1.165, 1.54) is 20.0 Å². The fraction of sp³-hybridized carbons (Fsp3) is 0.167. The minimum Gasteiger partial charge on any atom is -0.448 e. The number of nitrogens with zero attached hydrogens (tertiary/aromatic N) is 1. The fourth-order valence-electron chi connectivity index (χ4n) is 4.09. The van der Waals surface area contributed by atoms with Crippen LogP contribution in [0.5, 0.6) is 5.75 Å². The van der Waals surface area contributed by atoms with Gasteiger partial charge >= 0.3 is 16.6 Å². The molecule has 0 heterocycles. The summed E-state index contributed by atoms with van der Waals surface area (Å²) < 4.78 is 44.9. The average molecular weight is 469 g/mol. The zero-order chi connectivity index (χ0) is 23.8. The number of carbonyl (C=O) groups is 2. The van der Waals surface area contributed by atoms with Crippen molar-refractivity contribution in [1.29, 1.82) is 0 Å². The van der Waals surface area contributed by atoms with E-state index in [1.807, 2.05) is 48.5 Å². The summed E-state index contributed by atoms with van der Waals surface area (Å²) in [5.74, 6) is -0.539. The number of rotatable bonds is 6. The number of ether oxygens (including phenoxy) is 1. The van der Waals surface area contributed by atoms with Gasteiger partial charge in [0.1, 0.15) is 12.9 Å². The zero-order valence-corrected chi connectivity index (χ0v) is 18.6. The quantitative estimate of drug-likeness (QED) is 0.381. The fourth-order valence-corrected chi connectivity index (χ4v) is 4.48. The molecule has 33 heavy (non-hydrogen) atoms. The summed E-state index contributed by atoms with van der Waals surface area (Å²) in [4.78, 5) is 25.3. The van der Waals surface area contributed by atoms with Gasteiger partial charge in [-0.05, 0) is 41.3 Å². The summed E-state index contributed by atoms with van der Waals surface area (Å²) in [6.07, 6.45) is -0.288. The van der Waals surface area contributed by atoms with Crippen LogP contribution in [0.4, 0.5) is 14.4 Å². The SMILES string of the molecule is Cc1c(OS(=O)(=O)F)cc(C=O)cc1N(C)C(=O)OCC1c2ccccc2-c2ccccc21. The summed E-state index contributed by atoms with van der Waals surface area (Å²) >= 11 is 0. The largest absolute Gasteiger partial charge is 0.488 e. The minimum absolute atomic E-state index is 0.00699. The number of halogens is 1. The topological polar surface area (TPSA) is 90.0 Å². The van der Waals surface area contributed by atoms with Crippen molar-refractivity contribution in [3.05, 3.63) is 82.9 Å². The van der Waals surface area contributed by atoms with E-state index in [2.05, 4.69) is 4.18 Å². The molecule has 0 saturated carbocycles. The Bertz CT molecular complexity index is 1310. The number of carbonyl (C=O) groups excluding carboxylic acids is 2. The Morgan fingerprint density at radius 3 is 2.18 bits per heavy atom. The molecule has 1 aliphatic rings. The Morgan fingerprint density at radius 1 is 1.06 bits per heavy atom. The second kappa shape index (κ2) is 8.67. The van der Waals surface area contributed by atoms with Gasteiger partial charge in [-0.15, -0.1) is 0 Å². The lowest BCUT2D eigenvalue weighted by molar-refractivity contribution is 0.112. The molecule has 7 nitrogen and oxygen atoms in total. The average Bonchev–Trinajstić information content (AvgIpc) is 3.11. The first kappa shape index (κ1) is 22.5. The third-order valence-electron chi connectivity index (χ3n) is 5.65. The summed E-state index contributed by atoms with van der Waals surface area (Å²) in [6.45, 7) is 1.52. The van der Waals surface area contributed by atoms with Crippen LogP contribution in [0.1, 0.15) is 33.0 Å². The molecule has 0 bridgehead atoms. The number of benzene rings is 3. The smallest absolute Gasteiger partial charge is 0.448 e. The van der Waals surface area contributed by atoms with E-state index < -0.39 is 22.3 Å². The number of hydrogen-bond donors (Lipinski definition) is 0. The van der Waals surface area contributed by atoms with Crippen molar-refractivity contribution in [2.45, 2.75) is 12.8 Å². The van der Waals surface area contributed by atoms with Crippen molar-refractivity contribution in [3.63, 3.8) is 0 Å². The van der Waals surface area contributed by atoms with Gasteiger partial charge in [0.2, 0.25) is 0 Å². The molecule has 0 spiro atoms. The Balaban J connectivity index is 1.58. The molecule has 3 aromatic rings. The highest BCUT2D eigenvalue weighted by Crippen LogP contribution is 2.44. The molecule has 170 valence electrons. The van der Waals surface area contributed by atoms with Gasteiger partial charge in [-0.2, -0.15) is 8.42 Å². The zero-order valence-electron chi connectivity index (χ0n) is 17.8. The van der Waals surface area contributed by atoms with Gasteiger partial charge < -0.3 is 8.92 Å². The maximum absolute atomic E-state index is 13.1. The van der Waals surface area contributed by atoms with Crippen LogP contribution >= 0.6 is 0 Å². The molecule has 4 rings (SSSR count). The first-order valence-corrected chi connectivity index (χ1v) is 11.3. The van der Waals surface area contributed by atoms with Gasteiger partial charge in [-0.1, -0.05) is 52.4 Å². The van der Waals surface area contributed by atoms with Crippen LogP contribution in [-0.4, -0.2) is 34.5 Å². The molecule has 0 aromatic heterocycles. The summed E-state index contributed by atoms with van der Waals surface area (Å²) in [7, 11) is -3.91. The molecule has 0 atom stereocenters. The summed E-state index contributed by atoms with van der Waals surface area (Å²) in [6, 6.07) is 18.3. The van der Waals surface area contributed by atoms with Gasteiger partial charge in [0.15, 0.2) is 5.75 Å². The molecule has 1 amide bonds. The van der Waals surface area contributed by atoms with E-state index in [1.54, 1.807) is 0 Å².